The lowest BCUT2D eigenvalue weighted by molar-refractivity contribution is 1.17. The Labute approximate surface area is 118 Å². The molecule has 1 nitrogen and oxygen atoms in total. The number of aromatic nitrogens is 1. The van der Waals surface area contributed by atoms with E-state index in [4.69, 9.17) is 0 Å². The summed E-state index contributed by atoms with van der Waals surface area (Å²) in [5, 5.41) is 1.28. The van der Waals surface area contributed by atoms with Gasteiger partial charge in [-0.2, -0.15) is 0 Å². The predicted molar refractivity (Wildman–Crippen MR) is 85.1 cm³/mol. The number of rotatable bonds is 1. The molecule has 4 aromatic rings. The standard InChI is InChI=1S/C19H15N/c1-14-11-12-19-17(15-7-3-2-4-8-15)13-16-9-5-6-10-18(16)20(14)19/h2-13H,1H3. The molecule has 0 bridgehead atoms. The molecule has 2 heterocycles. The van der Waals surface area contributed by atoms with Gasteiger partial charge in [-0.3, -0.25) is 0 Å². The summed E-state index contributed by atoms with van der Waals surface area (Å²) in [6, 6.07) is 25.9. The fraction of sp³-hybridized carbons (Fsp3) is 0.0526. The van der Waals surface area contributed by atoms with Gasteiger partial charge in [0.1, 0.15) is 0 Å². The zero-order chi connectivity index (χ0) is 13.5. The first-order valence-corrected chi connectivity index (χ1v) is 6.90. The van der Waals surface area contributed by atoms with Gasteiger partial charge in [0.2, 0.25) is 0 Å². The molecule has 2 aromatic carbocycles. The lowest BCUT2D eigenvalue weighted by atomic mass is 10.0. The highest BCUT2D eigenvalue weighted by Crippen LogP contribution is 2.31. The normalized spacial score (nSPS) is 11.2. The zero-order valence-electron chi connectivity index (χ0n) is 11.4. The van der Waals surface area contributed by atoms with Crippen LogP contribution >= 0.6 is 0 Å². The van der Waals surface area contributed by atoms with E-state index >= 15 is 0 Å². The molecule has 0 aliphatic heterocycles. The Kier molecular flexibility index (Phi) is 2.40. The van der Waals surface area contributed by atoms with Crippen molar-refractivity contribution in [2.24, 2.45) is 0 Å². The number of para-hydroxylation sites is 1. The van der Waals surface area contributed by atoms with Crippen LogP contribution in [0.5, 0.6) is 0 Å². The van der Waals surface area contributed by atoms with Crippen molar-refractivity contribution in [3.63, 3.8) is 0 Å². The monoisotopic (exact) mass is 257 g/mol. The molecule has 1 heteroatoms. The zero-order valence-corrected chi connectivity index (χ0v) is 11.4. The summed E-state index contributed by atoms with van der Waals surface area (Å²) in [7, 11) is 0. The average Bonchev–Trinajstić information content (AvgIpc) is 2.90. The number of pyridine rings is 1. The number of aryl methyl sites for hydroxylation is 1. The maximum Gasteiger partial charge on any atom is 0.0537 e. The van der Waals surface area contributed by atoms with Gasteiger partial charge in [-0.05, 0) is 42.1 Å². The summed E-state index contributed by atoms with van der Waals surface area (Å²) in [6.45, 7) is 2.16. The van der Waals surface area contributed by atoms with E-state index in [2.05, 4.69) is 84.1 Å². The van der Waals surface area contributed by atoms with Gasteiger partial charge in [-0.25, -0.2) is 0 Å². The molecule has 0 fully saturated rings. The fourth-order valence-corrected chi connectivity index (χ4v) is 2.96. The van der Waals surface area contributed by atoms with Crippen molar-refractivity contribution >= 4 is 16.4 Å². The van der Waals surface area contributed by atoms with Gasteiger partial charge in [-0.15, -0.1) is 0 Å². The maximum atomic E-state index is 2.34. The van der Waals surface area contributed by atoms with Crippen molar-refractivity contribution in [3.8, 4) is 11.1 Å². The molecule has 0 saturated carbocycles. The molecule has 0 aliphatic carbocycles. The van der Waals surface area contributed by atoms with Crippen LogP contribution in [0.3, 0.4) is 0 Å². The summed E-state index contributed by atoms with van der Waals surface area (Å²) < 4.78 is 2.34. The van der Waals surface area contributed by atoms with Crippen molar-refractivity contribution < 1.29 is 0 Å². The third-order valence-corrected chi connectivity index (χ3v) is 3.91. The molecule has 2 aromatic heterocycles. The Hall–Kier alpha value is -2.54. The largest absolute Gasteiger partial charge is 0.313 e. The van der Waals surface area contributed by atoms with Crippen LogP contribution in [0, 0.1) is 6.92 Å². The Morgan fingerprint density at radius 1 is 0.700 bits per heavy atom. The smallest absolute Gasteiger partial charge is 0.0537 e. The second-order valence-corrected chi connectivity index (χ2v) is 5.18. The number of hydrogen-bond donors (Lipinski definition) is 0. The van der Waals surface area contributed by atoms with Crippen molar-refractivity contribution in [1.82, 2.24) is 4.40 Å². The highest BCUT2D eigenvalue weighted by Gasteiger charge is 2.09. The molecular formula is C19H15N. The third-order valence-electron chi connectivity index (χ3n) is 3.91. The van der Waals surface area contributed by atoms with Gasteiger partial charge in [0.15, 0.2) is 0 Å². The first-order chi connectivity index (χ1) is 9.84. The molecule has 0 aliphatic rings. The van der Waals surface area contributed by atoms with Crippen molar-refractivity contribution in [2.75, 3.05) is 0 Å². The summed E-state index contributed by atoms with van der Waals surface area (Å²) in [5.74, 6) is 0. The summed E-state index contributed by atoms with van der Waals surface area (Å²) in [5.41, 5.74) is 6.37. The van der Waals surface area contributed by atoms with Crippen LogP contribution in [-0.2, 0) is 0 Å². The number of nitrogens with zero attached hydrogens (tertiary/aromatic N) is 1. The van der Waals surface area contributed by atoms with E-state index in [1.807, 2.05) is 0 Å². The van der Waals surface area contributed by atoms with Gasteiger partial charge >= 0.3 is 0 Å². The lowest BCUT2D eigenvalue weighted by Crippen LogP contribution is -1.92. The lowest BCUT2D eigenvalue weighted by Gasteiger charge is -2.11. The topological polar surface area (TPSA) is 4.41 Å². The van der Waals surface area contributed by atoms with Gasteiger partial charge in [0.25, 0.3) is 0 Å². The van der Waals surface area contributed by atoms with Crippen molar-refractivity contribution in [3.05, 3.63) is 78.5 Å². The van der Waals surface area contributed by atoms with E-state index in [9.17, 15) is 0 Å². The van der Waals surface area contributed by atoms with Crippen LogP contribution < -0.4 is 0 Å². The van der Waals surface area contributed by atoms with Crippen LogP contribution in [0.15, 0.2) is 72.8 Å². The molecule has 0 N–H and O–H groups in total. The average molecular weight is 257 g/mol. The first-order valence-electron chi connectivity index (χ1n) is 6.90. The van der Waals surface area contributed by atoms with Crippen LogP contribution in [0.4, 0.5) is 0 Å². The van der Waals surface area contributed by atoms with Crippen LogP contribution in [0.1, 0.15) is 5.69 Å². The Morgan fingerprint density at radius 3 is 2.30 bits per heavy atom. The number of hydrogen-bond acceptors (Lipinski definition) is 0. The number of fused-ring (bicyclic) bond motifs is 3. The summed E-state index contributed by atoms with van der Waals surface area (Å²) in [4.78, 5) is 0. The van der Waals surface area contributed by atoms with E-state index in [1.54, 1.807) is 0 Å². The van der Waals surface area contributed by atoms with Crippen molar-refractivity contribution in [2.45, 2.75) is 6.92 Å². The van der Waals surface area contributed by atoms with Crippen molar-refractivity contribution in [1.29, 1.82) is 0 Å². The molecule has 0 saturated heterocycles. The van der Waals surface area contributed by atoms with Gasteiger partial charge in [-0.1, -0.05) is 48.5 Å². The Morgan fingerprint density at radius 2 is 1.45 bits per heavy atom. The van der Waals surface area contributed by atoms with Crippen LogP contribution in [0.2, 0.25) is 0 Å². The highest BCUT2D eigenvalue weighted by atomic mass is 14.9. The highest BCUT2D eigenvalue weighted by molar-refractivity contribution is 5.93. The van der Waals surface area contributed by atoms with Crippen LogP contribution in [0.25, 0.3) is 27.5 Å². The Bertz CT molecular complexity index is 901. The molecule has 0 spiro atoms. The van der Waals surface area contributed by atoms with E-state index in [-0.39, 0.29) is 0 Å². The SMILES string of the molecule is Cc1ccc2c(-c3ccccc3)cc3ccccc3n12. The molecular weight excluding hydrogens is 242 g/mol. The van der Waals surface area contributed by atoms with Crippen LogP contribution in [-0.4, -0.2) is 4.40 Å². The molecule has 20 heavy (non-hydrogen) atoms. The minimum atomic E-state index is 1.27. The fourth-order valence-electron chi connectivity index (χ4n) is 2.96. The minimum absolute atomic E-state index is 1.27. The number of benzene rings is 2. The molecule has 0 amide bonds. The van der Waals surface area contributed by atoms with Gasteiger partial charge in [0.05, 0.1) is 11.0 Å². The van der Waals surface area contributed by atoms with E-state index in [1.165, 1.54) is 33.2 Å². The maximum absolute atomic E-state index is 2.34. The van der Waals surface area contributed by atoms with Gasteiger partial charge < -0.3 is 4.40 Å². The molecule has 96 valence electrons. The van der Waals surface area contributed by atoms with E-state index in [0.29, 0.717) is 0 Å². The third kappa shape index (κ3) is 1.56. The molecule has 0 atom stereocenters. The Balaban J connectivity index is 2.20. The van der Waals surface area contributed by atoms with E-state index < -0.39 is 0 Å². The first kappa shape index (κ1) is 11.3. The second kappa shape index (κ2) is 4.24. The minimum Gasteiger partial charge on any atom is -0.313 e. The summed E-state index contributed by atoms with van der Waals surface area (Å²) in [6.07, 6.45) is 0. The van der Waals surface area contributed by atoms with E-state index in [0.717, 1.165) is 0 Å². The second-order valence-electron chi connectivity index (χ2n) is 5.18. The van der Waals surface area contributed by atoms with Gasteiger partial charge in [0, 0.05) is 11.3 Å². The quantitative estimate of drug-likeness (QED) is 0.448. The summed E-state index contributed by atoms with van der Waals surface area (Å²) >= 11 is 0. The predicted octanol–water partition coefficient (Wildman–Crippen LogP) is 5.07. The molecule has 0 unspecified atom stereocenters. The molecule has 0 radical (unpaired) electrons. The molecule has 4 rings (SSSR count).